The first-order valence-electron chi connectivity index (χ1n) is 10.3. The van der Waals surface area contributed by atoms with Gasteiger partial charge in [0.15, 0.2) is 5.11 Å². The van der Waals surface area contributed by atoms with Crippen LogP contribution >= 0.6 is 12.2 Å². The third-order valence-corrected chi connectivity index (χ3v) is 5.92. The van der Waals surface area contributed by atoms with E-state index >= 15 is 0 Å². The van der Waals surface area contributed by atoms with E-state index in [1.54, 1.807) is 0 Å². The molecule has 1 aliphatic heterocycles. The van der Waals surface area contributed by atoms with Crippen LogP contribution in [0.5, 0.6) is 0 Å². The van der Waals surface area contributed by atoms with Crippen LogP contribution in [0.2, 0.25) is 0 Å². The quantitative estimate of drug-likeness (QED) is 0.463. The number of nitrogens with zero attached hydrogens (tertiary/aromatic N) is 4. The molecule has 31 heavy (non-hydrogen) atoms. The summed E-state index contributed by atoms with van der Waals surface area (Å²) in [7, 11) is 0. The highest BCUT2D eigenvalue weighted by atomic mass is 32.1. The molecule has 1 aromatic carbocycles. The number of aryl methyl sites for hydroxylation is 2. The molecule has 3 aromatic heterocycles. The maximum atomic E-state index is 5.83. The molecule has 0 aliphatic carbocycles. The van der Waals surface area contributed by atoms with E-state index in [1.165, 1.54) is 5.56 Å². The minimum absolute atomic E-state index is 0.0812. The summed E-state index contributed by atoms with van der Waals surface area (Å²) in [6.07, 6.45) is 5.77. The molecule has 0 bridgehead atoms. The number of thiocarbonyl (C=S) groups is 1. The van der Waals surface area contributed by atoms with Crippen molar-refractivity contribution >= 4 is 23.0 Å². The largest absolute Gasteiger partial charge is 0.351 e. The van der Waals surface area contributed by atoms with Gasteiger partial charge in [-0.25, -0.2) is 4.98 Å². The number of nitrogens with one attached hydrogen (secondary N) is 1. The van der Waals surface area contributed by atoms with Gasteiger partial charge in [0, 0.05) is 30.0 Å². The smallest absolute Gasteiger partial charge is 0.174 e. The predicted octanol–water partition coefficient (Wildman–Crippen LogP) is 5.06. The van der Waals surface area contributed by atoms with Gasteiger partial charge in [0.25, 0.3) is 0 Å². The summed E-state index contributed by atoms with van der Waals surface area (Å²) in [6.45, 7) is 4.14. The van der Waals surface area contributed by atoms with Gasteiger partial charge >= 0.3 is 0 Å². The van der Waals surface area contributed by atoms with E-state index in [4.69, 9.17) is 12.2 Å². The Labute approximate surface area is 187 Å². The molecule has 0 amide bonds. The van der Waals surface area contributed by atoms with Gasteiger partial charge in [0.05, 0.1) is 11.7 Å². The lowest BCUT2D eigenvalue weighted by Gasteiger charge is -2.29. The van der Waals surface area contributed by atoms with Gasteiger partial charge in [-0.3, -0.25) is 4.98 Å². The van der Waals surface area contributed by atoms with Crippen LogP contribution in [0.1, 0.15) is 34.6 Å². The van der Waals surface area contributed by atoms with Crippen molar-refractivity contribution in [3.8, 4) is 5.82 Å². The van der Waals surface area contributed by atoms with Gasteiger partial charge in [-0.15, -0.1) is 0 Å². The molecule has 154 valence electrons. The van der Waals surface area contributed by atoms with Crippen molar-refractivity contribution < 1.29 is 0 Å². The Morgan fingerprint density at radius 2 is 1.81 bits per heavy atom. The Morgan fingerprint density at radius 3 is 2.55 bits per heavy atom. The first-order valence-corrected chi connectivity index (χ1v) is 10.7. The fourth-order valence-corrected chi connectivity index (χ4v) is 4.50. The molecule has 0 spiro atoms. The van der Waals surface area contributed by atoms with E-state index in [0.717, 1.165) is 28.5 Å². The molecule has 4 heterocycles. The van der Waals surface area contributed by atoms with Crippen LogP contribution in [-0.4, -0.2) is 19.6 Å². The topological polar surface area (TPSA) is 46.0 Å². The highest BCUT2D eigenvalue weighted by Gasteiger charge is 2.42. The minimum Gasteiger partial charge on any atom is -0.351 e. The highest BCUT2D eigenvalue weighted by molar-refractivity contribution is 7.80. The Bertz CT molecular complexity index is 1220. The second-order valence-corrected chi connectivity index (χ2v) is 8.22. The minimum atomic E-state index is -0.0895. The Hall–Kier alpha value is -3.51. The Kier molecular flexibility index (Phi) is 5.00. The Morgan fingerprint density at radius 1 is 0.903 bits per heavy atom. The number of benzene rings is 1. The van der Waals surface area contributed by atoms with Crippen molar-refractivity contribution in [2.24, 2.45) is 0 Å². The van der Waals surface area contributed by atoms with Crippen molar-refractivity contribution in [2.45, 2.75) is 25.9 Å². The van der Waals surface area contributed by atoms with E-state index in [-0.39, 0.29) is 12.1 Å². The van der Waals surface area contributed by atoms with Gasteiger partial charge in [-0.2, -0.15) is 0 Å². The van der Waals surface area contributed by atoms with Crippen LogP contribution in [0.4, 0.5) is 5.69 Å². The molecular weight excluding hydrogens is 402 g/mol. The van der Waals surface area contributed by atoms with Crippen LogP contribution < -0.4 is 10.2 Å². The number of rotatable bonds is 4. The Balaban J connectivity index is 1.67. The maximum absolute atomic E-state index is 5.83. The normalized spacial score (nSPS) is 18.3. The summed E-state index contributed by atoms with van der Waals surface area (Å²) < 4.78 is 2.14. The summed E-state index contributed by atoms with van der Waals surface area (Å²) in [4.78, 5) is 11.5. The molecule has 5 rings (SSSR count). The molecule has 5 nitrogen and oxygen atoms in total. The van der Waals surface area contributed by atoms with E-state index in [1.807, 2.05) is 43.6 Å². The lowest BCUT2D eigenvalue weighted by atomic mass is 10.0. The molecular formula is C25H23N5S. The fourth-order valence-electron chi connectivity index (χ4n) is 4.16. The van der Waals surface area contributed by atoms with Crippen LogP contribution in [0, 0.1) is 13.8 Å². The first kappa shape index (κ1) is 19.5. The zero-order valence-electron chi connectivity index (χ0n) is 17.4. The number of hydrogen-bond acceptors (Lipinski definition) is 3. The molecule has 0 radical (unpaired) electrons. The summed E-state index contributed by atoms with van der Waals surface area (Å²) in [5.74, 6) is 0.882. The second kappa shape index (κ2) is 7.96. The third kappa shape index (κ3) is 3.59. The number of pyridine rings is 2. The van der Waals surface area contributed by atoms with Gasteiger partial charge < -0.3 is 14.8 Å². The number of anilines is 1. The maximum Gasteiger partial charge on any atom is 0.174 e. The zero-order chi connectivity index (χ0) is 21.4. The molecule has 2 unspecified atom stereocenters. The first-order chi connectivity index (χ1) is 15.1. The lowest BCUT2D eigenvalue weighted by molar-refractivity contribution is 0.548. The van der Waals surface area contributed by atoms with Crippen molar-refractivity contribution in [1.29, 1.82) is 0 Å². The summed E-state index contributed by atoms with van der Waals surface area (Å²) in [6, 6.07) is 22.6. The van der Waals surface area contributed by atoms with Gasteiger partial charge in [0.2, 0.25) is 0 Å². The second-order valence-electron chi connectivity index (χ2n) is 7.83. The molecule has 2 atom stereocenters. The predicted molar refractivity (Wildman–Crippen MR) is 127 cm³/mol. The van der Waals surface area contributed by atoms with Gasteiger partial charge in [-0.1, -0.05) is 24.3 Å². The fraction of sp³-hybridized carbons (Fsp3) is 0.160. The SMILES string of the molecule is Cc1ccc(-n2cccc2C2C(c3ccccn3)NC(=S)N2c2cccc(C)c2)nc1. The number of aromatic nitrogens is 3. The van der Waals surface area contributed by atoms with Crippen LogP contribution in [0.25, 0.3) is 5.82 Å². The summed E-state index contributed by atoms with van der Waals surface area (Å²) in [5.41, 5.74) is 5.44. The van der Waals surface area contributed by atoms with E-state index in [2.05, 4.69) is 80.3 Å². The molecule has 1 saturated heterocycles. The number of hydrogen-bond donors (Lipinski definition) is 1. The van der Waals surface area contributed by atoms with Crippen LogP contribution in [-0.2, 0) is 0 Å². The average molecular weight is 426 g/mol. The van der Waals surface area contributed by atoms with E-state index < -0.39 is 0 Å². The van der Waals surface area contributed by atoms with Crippen LogP contribution in [0.3, 0.4) is 0 Å². The molecule has 0 saturated carbocycles. The van der Waals surface area contributed by atoms with Gasteiger partial charge in [0.1, 0.15) is 11.9 Å². The van der Waals surface area contributed by atoms with Crippen molar-refractivity contribution in [3.05, 3.63) is 108 Å². The summed E-state index contributed by atoms with van der Waals surface area (Å²) in [5, 5.41) is 4.22. The molecule has 1 fully saturated rings. The standard InChI is InChI=1S/C25H23N5S/c1-17-7-5-8-19(15-17)30-24(23(28-25(30)31)20-9-3-4-13-26-20)21-10-6-14-29(21)22-12-11-18(2)16-27-22/h3-16,23-24H,1-2H3,(H,28,31). The van der Waals surface area contributed by atoms with Crippen molar-refractivity contribution in [3.63, 3.8) is 0 Å². The lowest BCUT2D eigenvalue weighted by Crippen LogP contribution is -2.30. The molecule has 1 N–H and O–H groups in total. The molecule has 1 aliphatic rings. The third-order valence-electron chi connectivity index (χ3n) is 5.60. The van der Waals surface area contributed by atoms with Crippen molar-refractivity contribution in [1.82, 2.24) is 19.9 Å². The van der Waals surface area contributed by atoms with Crippen molar-refractivity contribution in [2.75, 3.05) is 4.90 Å². The average Bonchev–Trinajstić information content (AvgIpc) is 3.39. The molecule has 4 aromatic rings. The van der Waals surface area contributed by atoms with Gasteiger partial charge in [-0.05, 0) is 79.7 Å². The summed E-state index contributed by atoms with van der Waals surface area (Å²) >= 11 is 5.83. The monoisotopic (exact) mass is 425 g/mol. The molecule has 6 heteroatoms. The van der Waals surface area contributed by atoms with E-state index in [9.17, 15) is 0 Å². The zero-order valence-corrected chi connectivity index (χ0v) is 18.3. The van der Waals surface area contributed by atoms with Crippen LogP contribution in [0.15, 0.2) is 85.3 Å². The highest BCUT2D eigenvalue weighted by Crippen LogP contribution is 2.42. The van der Waals surface area contributed by atoms with E-state index in [0.29, 0.717) is 5.11 Å².